The van der Waals surface area contributed by atoms with Crippen LogP contribution in [-0.4, -0.2) is 32.4 Å². The fourth-order valence-corrected chi connectivity index (χ4v) is 4.95. The van der Waals surface area contributed by atoms with Crippen molar-refractivity contribution >= 4 is 23.9 Å². The molecule has 1 N–H and O–H groups in total. The van der Waals surface area contributed by atoms with Crippen LogP contribution >= 0.6 is 0 Å². The molecule has 0 bridgehead atoms. The zero-order chi connectivity index (χ0) is 27.3. The number of hydrogen-bond donors (Lipinski definition) is 1. The minimum atomic E-state index is -0.137. The predicted octanol–water partition coefficient (Wildman–Crippen LogP) is 7.27. The third kappa shape index (κ3) is 5.52. The van der Waals surface area contributed by atoms with Crippen LogP contribution < -0.4 is 5.32 Å². The molecule has 1 aliphatic heterocycles. The monoisotopic (exact) mass is 523 g/mol. The number of rotatable bonds is 5. The van der Waals surface area contributed by atoms with Crippen LogP contribution in [0.15, 0.2) is 103 Å². The SMILES string of the molecule is Cc1ccccc1-c1nc(-c2cccnc2)nc2c1CN(C(=O)Nc1cccc(C=Cc3ccccc3)c1)CC2. The summed E-state index contributed by atoms with van der Waals surface area (Å²) in [5, 5.41) is 3.09. The first-order valence-corrected chi connectivity index (χ1v) is 13.4. The van der Waals surface area contributed by atoms with Crippen molar-refractivity contribution in [2.45, 2.75) is 19.9 Å². The highest BCUT2D eigenvalue weighted by molar-refractivity contribution is 5.90. The molecule has 0 radical (unpaired) electrons. The Bertz CT molecular complexity index is 1680. The average Bonchev–Trinajstić information content (AvgIpc) is 3.01. The Kier molecular flexibility index (Phi) is 7.14. The largest absolute Gasteiger partial charge is 0.322 e. The maximum Gasteiger partial charge on any atom is 0.322 e. The number of hydrogen-bond acceptors (Lipinski definition) is 4. The first kappa shape index (κ1) is 25.2. The second-order valence-corrected chi connectivity index (χ2v) is 9.85. The number of aryl methyl sites for hydroxylation is 1. The van der Waals surface area contributed by atoms with E-state index in [1.807, 2.05) is 77.7 Å². The molecule has 3 aromatic carbocycles. The molecule has 2 amide bonds. The van der Waals surface area contributed by atoms with Gasteiger partial charge >= 0.3 is 6.03 Å². The number of aromatic nitrogens is 3. The summed E-state index contributed by atoms with van der Waals surface area (Å²) in [6.07, 6.45) is 8.30. The van der Waals surface area contributed by atoms with Crippen LogP contribution in [0.4, 0.5) is 10.5 Å². The van der Waals surface area contributed by atoms with Crippen molar-refractivity contribution in [3.63, 3.8) is 0 Å². The Labute approximate surface area is 234 Å². The summed E-state index contributed by atoms with van der Waals surface area (Å²) in [4.78, 5) is 29.4. The van der Waals surface area contributed by atoms with Gasteiger partial charge in [0.25, 0.3) is 0 Å². The molecule has 6 rings (SSSR count). The third-order valence-electron chi connectivity index (χ3n) is 7.07. The van der Waals surface area contributed by atoms with Crippen LogP contribution in [0, 0.1) is 6.92 Å². The number of carbonyl (C=O) groups is 1. The Balaban J connectivity index is 1.26. The lowest BCUT2D eigenvalue weighted by Gasteiger charge is -2.30. The van der Waals surface area contributed by atoms with E-state index in [-0.39, 0.29) is 6.03 Å². The van der Waals surface area contributed by atoms with Gasteiger partial charge in [-0.1, -0.05) is 78.9 Å². The van der Waals surface area contributed by atoms with E-state index in [1.165, 1.54) is 0 Å². The van der Waals surface area contributed by atoms with Gasteiger partial charge in [0.05, 0.1) is 17.9 Å². The molecular formula is C34H29N5O. The van der Waals surface area contributed by atoms with Crippen LogP contribution in [0.2, 0.25) is 0 Å². The first-order valence-electron chi connectivity index (χ1n) is 13.4. The van der Waals surface area contributed by atoms with Gasteiger partial charge in [-0.3, -0.25) is 4.98 Å². The van der Waals surface area contributed by atoms with Gasteiger partial charge in [-0.2, -0.15) is 0 Å². The maximum absolute atomic E-state index is 13.4. The zero-order valence-corrected chi connectivity index (χ0v) is 22.3. The number of urea groups is 1. The molecule has 0 atom stereocenters. The average molecular weight is 524 g/mol. The van der Waals surface area contributed by atoms with Gasteiger partial charge in [-0.05, 0) is 47.9 Å². The third-order valence-corrected chi connectivity index (χ3v) is 7.07. The second-order valence-electron chi connectivity index (χ2n) is 9.85. The van der Waals surface area contributed by atoms with Crippen LogP contribution in [-0.2, 0) is 13.0 Å². The van der Waals surface area contributed by atoms with Crippen LogP contribution in [0.3, 0.4) is 0 Å². The predicted molar refractivity (Wildman–Crippen MR) is 160 cm³/mol. The van der Waals surface area contributed by atoms with Crippen LogP contribution in [0.25, 0.3) is 34.8 Å². The molecule has 0 saturated carbocycles. The summed E-state index contributed by atoms with van der Waals surface area (Å²) in [5.41, 5.74) is 8.79. The Morgan fingerprint density at radius 2 is 1.68 bits per heavy atom. The van der Waals surface area contributed by atoms with Crippen molar-refractivity contribution in [1.29, 1.82) is 0 Å². The molecule has 40 heavy (non-hydrogen) atoms. The highest BCUT2D eigenvalue weighted by Crippen LogP contribution is 2.32. The summed E-state index contributed by atoms with van der Waals surface area (Å²) in [7, 11) is 0. The molecule has 3 heterocycles. The number of benzene rings is 3. The van der Waals surface area contributed by atoms with E-state index in [1.54, 1.807) is 12.4 Å². The van der Waals surface area contributed by atoms with E-state index in [4.69, 9.17) is 9.97 Å². The van der Waals surface area contributed by atoms with E-state index >= 15 is 0 Å². The lowest BCUT2D eigenvalue weighted by atomic mass is 9.96. The molecular weight excluding hydrogens is 494 g/mol. The minimum Gasteiger partial charge on any atom is -0.320 e. The molecule has 6 nitrogen and oxygen atoms in total. The van der Waals surface area contributed by atoms with Crippen molar-refractivity contribution < 1.29 is 4.79 Å². The number of amides is 2. The Morgan fingerprint density at radius 3 is 2.50 bits per heavy atom. The Hall–Kier alpha value is -5.10. The van der Waals surface area contributed by atoms with Gasteiger partial charge in [-0.15, -0.1) is 0 Å². The number of nitrogens with zero attached hydrogens (tertiary/aromatic N) is 4. The minimum absolute atomic E-state index is 0.137. The molecule has 0 aliphatic carbocycles. The number of nitrogens with one attached hydrogen (secondary N) is 1. The quantitative estimate of drug-likeness (QED) is 0.246. The summed E-state index contributed by atoms with van der Waals surface area (Å²) < 4.78 is 0. The van der Waals surface area contributed by atoms with Gasteiger partial charge in [-0.25, -0.2) is 14.8 Å². The van der Waals surface area contributed by atoms with Crippen molar-refractivity contribution in [1.82, 2.24) is 19.9 Å². The van der Waals surface area contributed by atoms with Gasteiger partial charge in [0.1, 0.15) is 0 Å². The second kappa shape index (κ2) is 11.3. The molecule has 5 aromatic rings. The maximum atomic E-state index is 13.4. The highest BCUT2D eigenvalue weighted by atomic mass is 16.2. The van der Waals surface area contributed by atoms with E-state index in [0.717, 1.165) is 50.5 Å². The first-order chi connectivity index (χ1) is 19.6. The molecule has 0 spiro atoms. The van der Waals surface area contributed by atoms with Crippen molar-refractivity contribution in [2.24, 2.45) is 0 Å². The summed E-state index contributed by atoms with van der Waals surface area (Å²) in [6.45, 7) is 3.09. The normalized spacial score (nSPS) is 12.8. The zero-order valence-electron chi connectivity index (χ0n) is 22.3. The fraction of sp³-hybridized carbons (Fsp3) is 0.118. The number of pyridine rings is 1. The van der Waals surface area contributed by atoms with E-state index in [9.17, 15) is 4.79 Å². The van der Waals surface area contributed by atoms with E-state index < -0.39 is 0 Å². The van der Waals surface area contributed by atoms with Gasteiger partial charge in [0, 0.05) is 47.7 Å². The van der Waals surface area contributed by atoms with Gasteiger partial charge < -0.3 is 10.2 Å². The summed E-state index contributed by atoms with van der Waals surface area (Å²) >= 11 is 0. The fourth-order valence-electron chi connectivity index (χ4n) is 4.95. The molecule has 1 aliphatic rings. The van der Waals surface area contributed by atoms with Gasteiger partial charge in [0.15, 0.2) is 5.82 Å². The molecule has 2 aromatic heterocycles. The highest BCUT2D eigenvalue weighted by Gasteiger charge is 2.27. The summed E-state index contributed by atoms with van der Waals surface area (Å²) in [5.74, 6) is 0.656. The standard InChI is InChI=1S/C34H29N5O/c1-24-9-5-6-15-29(24)32-30-23-39(20-18-31(30)37-33(38-32)27-13-8-19-35-22-27)34(40)36-28-14-7-12-26(21-28)17-16-25-10-3-2-4-11-25/h2-17,19,21-22H,18,20,23H2,1H3,(H,36,40). The van der Waals surface area contributed by atoms with Crippen LogP contribution in [0.5, 0.6) is 0 Å². The smallest absolute Gasteiger partial charge is 0.320 e. The lowest BCUT2D eigenvalue weighted by molar-refractivity contribution is 0.206. The van der Waals surface area contributed by atoms with Crippen molar-refractivity contribution in [3.05, 3.63) is 131 Å². The van der Waals surface area contributed by atoms with Crippen LogP contribution in [0.1, 0.15) is 27.9 Å². The van der Waals surface area contributed by atoms with E-state index in [2.05, 4.69) is 47.6 Å². The van der Waals surface area contributed by atoms with Crippen molar-refractivity contribution in [3.8, 4) is 22.6 Å². The lowest BCUT2D eigenvalue weighted by Crippen LogP contribution is -2.39. The molecule has 6 heteroatoms. The molecule has 0 unspecified atom stereocenters. The number of anilines is 1. The molecule has 0 fully saturated rings. The number of carbonyl (C=O) groups excluding carboxylic acids is 1. The Morgan fingerprint density at radius 1 is 0.875 bits per heavy atom. The van der Waals surface area contributed by atoms with Gasteiger partial charge in [0.2, 0.25) is 0 Å². The van der Waals surface area contributed by atoms with Crippen molar-refractivity contribution in [2.75, 3.05) is 11.9 Å². The number of fused-ring (bicyclic) bond motifs is 1. The molecule has 0 saturated heterocycles. The van der Waals surface area contributed by atoms with E-state index in [0.29, 0.717) is 25.3 Å². The summed E-state index contributed by atoms with van der Waals surface area (Å²) in [6, 6.07) is 30.0. The molecule has 196 valence electrons. The topological polar surface area (TPSA) is 71.0 Å².